The second kappa shape index (κ2) is 9.80. The van der Waals surface area contributed by atoms with Crippen LogP contribution in [-0.4, -0.2) is 72.5 Å². The van der Waals surface area contributed by atoms with Crippen LogP contribution in [0.15, 0.2) is 15.6 Å². The van der Waals surface area contributed by atoms with Crippen molar-refractivity contribution >= 4 is 17.7 Å². The molecule has 0 saturated carbocycles. The van der Waals surface area contributed by atoms with Gasteiger partial charge in [0, 0.05) is 43.5 Å². The number of thioether (sulfide) groups is 1. The van der Waals surface area contributed by atoms with Crippen LogP contribution < -0.4 is 10.6 Å². The number of ether oxygens (including phenoxy) is 1. The standard InChI is InChI=1S/C19H33N5O2S/c1-4-20-18(21-12-16-11-17(15(2)3)23-26-16)22-13-19(5-10-27-14-19)24-6-8-25-9-7-24/h11,15H,4-10,12-14H2,1-3H3,(H2,20,21,22). The van der Waals surface area contributed by atoms with E-state index in [1.165, 1.54) is 17.9 Å². The number of hydrogen-bond acceptors (Lipinski definition) is 6. The number of aliphatic imine (C=N–C) groups is 1. The molecule has 2 fully saturated rings. The topological polar surface area (TPSA) is 74.9 Å². The van der Waals surface area contributed by atoms with E-state index in [9.17, 15) is 0 Å². The van der Waals surface area contributed by atoms with Gasteiger partial charge in [-0.15, -0.1) is 0 Å². The van der Waals surface area contributed by atoms with Crippen molar-refractivity contribution in [1.29, 1.82) is 0 Å². The minimum atomic E-state index is 0.196. The van der Waals surface area contributed by atoms with E-state index in [4.69, 9.17) is 14.3 Å². The zero-order valence-electron chi connectivity index (χ0n) is 16.8. The quantitative estimate of drug-likeness (QED) is 0.541. The number of guanidine groups is 1. The molecule has 2 N–H and O–H groups in total. The number of rotatable bonds is 7. The van der Waals surface area contributed by atoms with Gasteiger partial charge in [0.1, 0.15) is 6.54 Å². The van der Waals surface area contributed by atoms with Gasteiger partial charge in [0.15, 0.2) is 11.7 Å². The first-order valence-electron chi connectivity index (χ1n) is 10.0. The molecule has 1 aromatic heterocycles. The fourth-order valence-electron chi connectivity index (χ4n) is 3.56. The molecule has 27 heavy (non-hydrogen) atoms. The Morgan fingerprint density at radius 2 is 2.19 bits per heavy atom. The Kier molecular flexibility index (Phi) is 7.43. The molecule has 0 aliphatic carbocycles. The minimum absolute atomic E-state index is 0.196. The summed E-state index contributed by atoms with van der Waals surface area (Å²) >= 11 is 2.05. The maximum Gasteiger partial charge on any atom is 0.191 e. The van der Waals surface area contributed by atoms with Crippen LogP contribution in [-0.2, 0) is 11.3 Å². The van der Waals surface area contributed by atoms with Gasteiger partial charge in [0.05, 0.1) is 18.9 Å². The summed E-state index contributed by atoms with van der Waals surface area (Å²) in [6.07, 6.45) is 1.21. The molecule has 0 bridgehead atoms. The molecule has 2 aliphatic heterocycles. The first-order valence-corrected chi connectivity index (χ1v) is 11.2. The summed E-state index contributed by atoms with van der Waals surface area (Å²) in [6, 6.07) is 2.00. The highest BCUT2D eigenvalue weighted by atomic mass is 32.2. The lowest BCUT2D eigenvalue weighted by atomic mass is 9.95. The molecule has 7 nitrogen and oxygen atoms in total. The number of nitrogens with zero attached hydrogens (tertiary/aromatic N) is 3. The highest BCUT2D eigenvalue weighted by Gasteiger charge is 2.40. The van der Waals surface area contributed by atoms with Crippen LogP contribution in [0.2, 0.25) is 0 Å². The third kappa shape index (κ3) is 5.39. The zero-order chi connectivity index (χ0) is 19.1. The van der Waals surface area contributed by atoms with Crippen LogP contribution in [0, 0.1) is 0 Å². The normalized spacial score (nSPS) is 24.5. The summed E-state index contributed by atoms with van der Waals surface area (Å²) in [5, 5.41) is 11.0. The largest absolute Gasteiger partial charge is 0.379 e. The summed E-state index contributed by atoms with van der Waals surface area (Å²) in [7, 11) is 0. The SMILES string of the molecule is CCNC(=NCc1cc(C(C)C)no1)NCC1(N2CCOCC2)CCSC1. The monoisotopic (exact) mass is 395 g/mol. The van der Waals surface area contributed by atoms with Crippen LogP contribution in [0.5, 0.6) is 0 Å². The second-order valence-corrected chi connectivity index (χ2v) is 8.65. The number of aromatic nitrogens is 1. The average Bonchev–Trinajstić information content (AvgIpc) is 3.35. The Balaban J connectivity index is 1.61. The van der Waals surface area contributed by atoms with E-state index in [2.05, 4.69) is 41.5 Å². The van der Waals surface area contributed by atoms with Gasteiger partial charge >= 0.3 is 0 Å². The molecule has 2 saturated heterocycles. The second-order valence-electron chi connectivity index (χ2n) is 7.55. The van der Waals surface area contributed by atoms with Gasteiger partial charge in [0.2, 0.25) is 0 Å². The lowest BCUT2D eigenvalue weighted by Crippen LogP contribution is -2.60. The molecular formula is C19H33N5O2S. The van der Waals surface area contributed by atoms with Crippen molar-refractivity contribution in [2.45, 2.75) is 45.2 Å². The summed E-state index contributed by atoms with van der Waals surface area (Å²) in [5.41, 5.74) is 1.18. The lowest BCUT2D eigenvalue weighted by Gasteiger charge is -2.43. The van der Waals surface area contributed by atoms with Crippen LogP contribution in [0.1, 0.15) is 44.6 Å². The molecule has 1 unspecified atom stereocenters. The summed E-state index contributed by atoms with van der Waals surface area (Å²) in [4.78, 5) is 7.31. The Hall–Kier alpha value is -1.25. The number of hydrogen-bond donors (Lipinski definition) is 2. The number of nitrogens with one attached hydrogen (secondary N) is 2. The fourth-order valence-corrected chi connectivity index (χ4v) is 5.03. The van der Waals surface area contributed by atoms with Crippen molar-refractivity contribution in [3.63, 3.8) is 0 Å². The summed E-state index contributed by atoms with van der Waals surface area (Å²) in [5.74, 6) is 4.40. The third-order valence-corrected chi connectivity index (χ3v) is 6.49. The van der Waals surface area contributed by atoms with Crippen molar-refractivity contribution in [2.24, 2.45) is 4.99 Å². The average molecular weight is 396 g/mol. The Morgan fingerprint density at radius 3 is 2.81 bits per heavy atom. The van der Waals surface area contributed by atoms with Crippen molar-refractivity contribution < 1.29 is 9.26 Å². The molecule has 8 heteroatoms. The van der Waals surface area contributed by atoms with Crippen LogP contribution in [0.3, 0.4) is 0 Å². The molecule has 1 aromatic rings. The van der Waals surface area contributed by atoms with E-state index in [1.54, 1.807) is 0 Å². The molecule has 1 atom stereocenters. The Bertz CT molecular complexity index is 607. The van der Waals surface area contributed by atoms with Crippen molar-refractivity contribution in [1.82, 2.24) is 20.7 Å². The zero-order valence-corrected chi connectivity index (χ0v) is 17.6. The molecule has 2 aliphatic rings. The van der Waals surface area contributed by atoms with Crippen molar-refractivity contribution in [3.05, 3.63) is 17.5 Å². The molecule has 0 radical (unpaired) electrons. The molecule has 0 spiro atoms. The maximum absolute atomic E-state index is 5.55. The predicted molar refractivity (Wildman–Crippen MR) is 110 cm³/mol. The Labute approximate surface area is 166 Å². The van der Waals surface area contributed by atoms with Crippen LogP contribution in [0.25, 0.3) is 0 Å². The highest BCUT2D eigenvalue weighted by Crippen LogP contribution is 2.33. The number of morpholine rings is 1. The van der Waals surface area contributed by atoms with Crippen LogP contribution >= 0.6 is 11.8 Å². The van der Waals surface area contributed by atoms with E-state index in [0.29, 0.717) is 12.5 Å². The first-order chi connectivity index (χ1) is 13.1. The lowest BCUT2D eigenvalue weighted by molar-refractivity contribution is -0.0120. The summed E-state index contributed by atoms with van der Waals surface area (Å²) < 4.78 is 11.0. The predicted octanol–water partition coefficient (Wildman–Crippen LogP) is 2.06. The van der Waals surface area contributed by atoms with Gasteiger partial charge in [-0.2, -0.15) is 11.8 Å². The van der Waals surface area contributed by atoms with Gasteiger partial charge in [0.25, 0.3) is 0 Å². The van der Waals surface area contributed by atoms with Gasteiger partial charge in [-0.3, -0.25) is 4.90 Å². The van der Waals surface area contributed by atoms with E-state index in [1.807, 2.05) is 17.8 Å². The van der Waals surface area contributed by atoms with E-state index in [0.717, 1.165) is 56.8 Å². The molecule has 0 aromatic carbocycles. The van der Waals surface area contributed by atoms with E-state index >= 15 is 0 Å². The van der Waals surface area contributed by atoms with Gasteiger partial charge in [-0.05, 0) is 25.0 Å². The van der Waals surface area contributed by atoms with Gasteiger partial charge in [-0.25, -0.2) is 4.99 Å². The highest BCUT2D eigenvalue weighted by molar-refractivity contribution is 7.99. The van der Waals surface area contributed by atoms with Gasteiger partial charge < -0.3 is 19.9 Å². The molecule has 152 valence electrons. The first kappa shape index (κ1) is 20.5. The van der Waals surface area contributed by atoms with E-state index in [-0.39, 0.29) is 5.54 Å². The van der Waals surface area contributed by atoms with Crippen LogP contribution in [0.4, 0.5) is 0 Å². The molecule has 3 heterocycles. The molecular weight excluding hydrogens is 362 g/mol. The molecule has 0 amide bonds. The fraction of sp³-hybridized carbons (Fsp3) is 0.789. The van der Waals surface area contributed by atoms with Crippen molar-refractivity contribution in [3.8, 4) is 0 Å². The minimum Gasteiger partial charge on any atom is -0.379 e. The Morgan fingerprint density at radius 1 is 1.37 bits per heavy atom. The maximum atomic E-state index is 5.55. The van der Waals surface area contributed by atoms with Crippen molar-refractivity contribution in [2.75, 3.05) is 50.9 Å². The summed E-state index contributed by atoms with van der Waals surface area (Å²) in [6.45, 7) is 12.3. The molecule has 3 rings (SSSR count). The third-order valence-electron chi connectivity index (χ3n) is 5.26. The van der Waals surface area contributed by atoms with Gasteiger partial charge in [-0.1, -0.05) is 19.0 Å². The van der Waals surface area contributed by atoms with E-state index < -0.39 is 0 Å². The smallest absolute Gasteiger partial charge is 0.191 e.